The van der Waals surface area contributed by atoms with Crippen LogP contribution in [0.3, 0.4) is 0 Å². The van der Waals surface area contributed by atoms with Crippen molar-refractivity contribution in [2.75, 3.05) is 13.7 Å². The van der Waals surface area contributed by atoms with Crippen molar-refractivity contribution in [3.63, 3.8) is 0 Å². The highest BCUT2D eigenvalue weighted by molar-refractivity contribution is 9.10. The van der Waals surface area contributed by atoms with Crippen molar-refractivity contribution in [1.82, 2.24) is 0 Å². The summed E-state index contributed by atoms with van der Waals surface area (Å²) in [5, 5.41) is 18.2. The fourth-order valence-corrected chi connectivity index (χ4v) is 1.94. The molecular formula is C12H17BrO4. The van der Waals surface area contributed by atoms with Gasteiger partial charge in [-0.2, -0.15) is 0 Å². The first-order valence-corrected chi connectivity index (χ1v) is 6.16. The van der Waals surface area contributed by atoms with Crippen LogP contribution in [0.4, 0.5) is 0 Å². The van der Waals surface area contributed by atoms with Crippen LogP contribution < -0.4 is 9.47 Å². The maximum Gasteiger partial charge on any atom is 0.175 e. The lowest BCUT2D eigenvalue weighted by Crippen LogP contribution is -2.08. The summed E-state index contributed by atoms with van der Waals surface area (Å²) in [5.41, 5.74) is 0.747. The van der Waals surface area contributed by atoms with E-state index in [1.165, 1.54) is 0 Å². The van der Waals surface area contributed by atoms with Crippen LogP contribution in [0.2, 0.25) is 0 Å². The Hall–Kier alpha value is -0.780. The van der Waals surface area contributed by atoms with Gasteiger partial charge in [0.1, 0.15) is 0 Å². The molecule has 0 aliphatic carbocycles. The Kier molecular flexibility index (Phi) is 5.74. The number of ether oxygens (including phenoxy) is 2. The largest absolute Gasteiger partial charge is 0.493 e. The van der Waals surface area contributed by atoms with Crippen LogP contribution >= 0.6 is 15.9 Å². The highest BCUT2D eigenvalue weighted by atomic mass is 79.9. The van der Waals surface area contributed by atoms with Crippen molar-refractivity contribution < 1.29 is 19.7 Å². The van der Waals surface area contributed by atoms with E-state index in [-0.39, 0.29) is 6.61 Å². The smallest absolute Gasteiger partial charge is 0.175 e. The Morgan fingerprint density at radius 2 is 2.12 bits per heavy atom. The fraction of sp³-hybridized carbons (Fsp3) is 0.500. The van der Waals surface area contributed by atoms with Gasteiger partial charge in [0.15, 0.2) is 11.5 Å². The quantitative estimate of drug-likeness (QED) is 0.845. The summed E-state index contributed by atoms with van der Waals surface area (Å²) >= 11 is 3.37. The lowest BCUT2D eigenvalue weighted by atomic mass is 10.2. The van der Waals surface area contributed by atoms with E-state index in [4.69, 9.17) is 19.7 Å². The first-order chi connectivity index (χ1) is 8.08. The van der Waals surface area contributed by atoms with Crippen LogP contribution in [0.5, 0.6) is 11.5 Å². The Morgan fingerprint density at radius 1 is 1.41 bits per heavy atom. The van der Waals surface area contributed by atoms with E-state index >= 15 is 0 Å². The third kappa shape index (κ3) is 4.18. The number of hydrogen-bond acceptors (Lipinski definition) is 4. The van der Waals surface area contributed by atoms with Crippen LogP contribution in [0.15, 0.2) is 16.6 Å². The summed E-state index contributed by atoms with van der Waals surface area (Å²) < 4.78 is 11.5. The Balaban J connectivity index is 2.82. The molecule has 0 aliphatic heterocycles. The van der Waals surface area contributed by atoms with Gasteiger partial charge in [-0.15, -0.1) is 0 Å². The van der Waals surface area contributed by atoms with Crippen molar-refractivity contribution in [3.05, 3.63) is 22.2 Å². The van der Waals surface area contributed by atoms with Gasteiger partial charge in [0.2, 0.25) is 0 Å². The van der Waals surface area contributed by atoms with E-state index < -0.39 is 6.10 Å². The van der Waals surface area contributed by atoms with Crippen LogP contribution in [-0.2, 0) is 6.61 Å². The van der Waals surface area contributed by atoms with E-state index in [0.717, 1.165) is 10.0 Å². The molecule has 0 amide bonds. The molecule has 0 saturated heterocycles. The highest BCUT2D eigenvalue weighted by Gasteiger charge is 2.11. The molecule has 1 aromatic carbocycles. The molecule has 0 saturated carbocycles. The molecule has 17 heavy (non-hydrogen) atoms. The molecule has 0 heterocycles. The topological polar surface area (TPSA) is 58.9 Å². The molecule has 2 N–H and O–H groups in total. The van der Waals surface area contributed by atoms with Crippen molar-refractivity contribution in [3.8, 4) is 11.5 Å². The number of methoxy groups -OCH3 is 1. The predicted octanol–water partition coefficient (Wildman–Crippen LogP) is 2.10. The Labute approximate surface area is 109 Å². The van der Waals surface area contributed by atoms with Crippen molar-refractivity contribution in [2.45, 2.75) is 26.1 Å². The van der Waals surface area contributed by atoms with Crippen LogP contribution in [-0.4, -0.2) is 30.0 Å². The number of rotatable bonds is 6. The van der Waals surface area contributed by atoms with E-state index in [1.807, 2.05) is 0 Å². The summed E-state index contributed by atoms with van der Waals surface area (Å²) in [7, 11) is 1.55. The molecule has 96 valence electrons. The molecule has 0 bridgehead atoms. The van der Waals surface area contributed by atoms with E-state index in [2.05, 4.69) is 15.9 Å². The summed E-state index contributed by atoms with van der Waals surface area (Å²) in [6.07, 6.45) is 0.161. The van der Waals surface area contributed by atoms with Gasteiger partial charge in [0.25, 0.3) is 0 Å². The summed E-state index contributed by atoms with van der Waals surface area (Å²) in [6, 6.07) is 3.50. The zero-order valence-electron chi connectivity index (χ0n) is 9.94. The third-order valence-electron chi connectivity index (χ3n) is 2.25. The number of hydrogen-bond donors (Lipinski definition) is 2. The molecule has 1 rings (SSSR count). The average Bonchev–Trinajstić information content (AvgIpc) is 2.30. The fourth-order valence-electron chi connectivity index (χ4n) is 1.34. The summed E-state index contributed by atoms with van der Waals surface area (Å²) in [5.74, 6) is 1.15. The van der Waals surface area contributed by atoms with Gasteiger partial charge in [0, 0.05) is 6.42 Å². The second-order valence-corrected chi connectivity index (χ2v) is 4.61. The molecule has 1 aromatic rings. The number of aliphatic hydroxyl groups excluding tert-OH is 2. The average molecular weight is 305 g/mol. The molecule has 1 unspecified atom stereocenters. The maximum atomic E-state index is 9.15. The van der Waals surface area contributed by atoms with Gasteiger partial charge >= 0.3 is 0 Å². The molecule has 1 atom stereocenters. The minimum absolute atomic E-state index is 0.0527. The molecular weight excluding hydrogens is 288 g/mol. The van der Waals surface area contributed by atoms with Gasteiger partial charge < -0.3 is 19.7 Å². The first kappa shape index (κ1) is 14.3. The van der Waals surface area contributed by atoms with Crippen molar-refractivity contribution in [1.29, 1.82) is 0 Å². The second-order valence-electron chi connectivity index (χ2n) is 3.75. The van der Waals surface area contributed by atoms with Crippen molar-refractivity contribution in [2.24, 2.45) is 0 Å². The zero-order chi connectivity index (χ0) is 12.8. The number of halogens is 1. The van der Waals surface area contributed by atoms with E-state index in [0.29, 0.717) is 24.5 Å². The molecule has 0 spiro atoms. The number of benzene rings is 1. The Morgan fingerprint density at radius 3 is 2.65 bits per heavy atom. The van der Waals surface area contributed by atoms with Crippen LogP contribution in [0, 0.1) is 0 Å². The minimum Gasteiger partial charge on any atom is -0.493 e. The predicted molar refractivity (Wildman–Crippen MR) is 68.4 cm³/mol. The molecule has 0 aromatic heterocycles. The zero-order valence-corrected chi connectivity index (χ0v) is 11.5. The number of aliphatic hydroxyl groups is 2. The van der Waals surface area contributed by atoms with Gasteiger partial charge in [0.05, 0.1) is 30.9 Å². The summed E-state index contributed by atoms with van der Waals surface area (Å²) in [4.78, 5) is 0. The van der Waals surface area contributed by atoms with Gasteiger partial charge in [-0.25, -0.2) is 0 Å². The van der Waals surface area contributed by atoms with Gasteiger partial charge in [-0.3, -0.25) is 0 Å². The monoisotopic (exact) mass is 304 g/mol. The highest BCUT2D eigenvalue weighted by Crippen LogP contribution is 2.36. The third-order valence-corrected chi connectivity index (χ3v) is 2.84. The molecule has 0 fully saturated rings. The first-order valence-electron chi connectivity index (χ1n) is 5.36. The minimum atomic E-state index is -0.392. The molecule has 5 heteroatoms. The van der Waals surface area contributed by atoms with Crippen LogP contribution in [0.25, 0.3) is 0 Å². The summed E-state index contributed by atoms with van der Waals surface area (Å²) in [6.45, 7) is 2.07. The molecule has 4 nitrogen and oxygen atoms in total. The molecule has 0 radical (unpaired) electrons. The van der Waals surface area contributed by atoms with E-state index in [1.54, 1.807) is 26.2 Å². The maximum absolute atomic E-state index is 9.15. The molecule has 0 aliphatic rings. The SMILES string of the molecule is COc1cc(CO)cc(Br)c1OCCC(C)O. The van der Waals surface area contributed by atoms with Gasteiger partial charge in [-0.1, -0.05) is 0 Å². The standard InChI is InChI=1S/C12H17BrO4/c1-8(15)3-4-17-12-10(13)5-9(7-14)6-11(12)16-2/h5-6,8,14-15H,3-4,7H2,1-2H3. The Bertz CT molecular complexity index is 366. The lowest BCUT2D eigenvalue weighted by molar-refractivity contribution is 0.153. The normalized spacial score (nSPS) is 12.3. The second kappa shape index (κ2) is 6.83. The lowest BCUT2D eigenvalue weighted by Gasteiger charge is -2.14. The van der Waals surface area contributed by atoms with Gasteiger partial charge in [-0.05, 0) is 40.5 Å². The van der Waals surface area contributed by atoms with Crippen LogP contribution in [0.1, 0.15) is 18.9 Å². The van der Waals surface area contributed by atoms with Crippen molar-refractivity contribution >= 4 is 15.9 Å². The van der Waals surface area contributed by atoms with E-state index in [9.17, 15) is 0 Å².